The number of aryl methyl sites for hydroxylation is 1. The van der Waals surface area contributed by atoms with Crippen LogP contribution in [0.3, 0.4) is 0 Å². The molecule has 3 aromatic rings. The number of hydrogen-bond acceptors (Lipinski definition) is 3. The molecule has 0 aliphatic carbocycles. The maximum Gasteiger partial charge on any atom is 0.228 e. The minimum Gasteiger partial charge on any atom is -0.497 e. The minimum absolute atomic E-state index is 0.0523. The van der Waals surface area contributed by atoms with Crippen LogP contribution in [0.5, 0.6) is 5.75 Å². The molecule has 2 aromatic carbocycles. The van der Waals surface area contributed by atoms with Gasteiger partial charge in [0.25, 0.3) is 0 Å². The van der Waals surface area contributed by atoms with Gasteiger partial charge in [-0.05, 0) is 42.8 Å². The highest BCUT2D eigenvalue weighted by atomic mass is 16.5. The molecule has 0 aliphatic heterocycles. The summed E-state index contributed by atoms with van der Waals surface area (Å²) in [6.45, 7) is 1.96. The minimum atomic E-state index is -0.0523. The van der Waals surface area contributed by atoms with Crippen LogP contribution in [0, 0.1) is 6.92 Å². The first-order valence-electron chi connectivity index (χ1n) is 7.69. The number of H-pyrrole nitrogens is 1. The van der Waals surface area contributed by atoms with Crippen molar-refractivity contribution in [2.24, 2.45) is 0 Å². The number of aromatic amines is 1. The van der Waals surface area contributed by atoms with Crippen LogP contribution in [0.15, 0.2) is 54.6 Å². The lowest BCUT2D eigenvalue weighted by Gasteiger charge is -2.07. The second-order valence-electron chi connectivity index (χ2n) is 5.59. The van der Waals surface area contributed by atoms with Gasteiger partial charge in [-0.1, -0.05) is 24.3 Å². The average Bonchev–Trinajstić information content (AvgIpc) is 3.02. The number of rotatable bonds is 5. The van der Waals surface area contributed by atoms with Crippen molar-refractivity contribution in [2.45, 2.75) is 13.3 Å². The van der Waals surface area contributed by atoms with E-state index in [1.807, 2.05) is 61.5 Å². The molecule has 0 saturated carbocycles. The Balaban J connectivity index is 1.61. The molecule has 122 valence electrons. The molecular formula is C19H19N3O2. The summed E-state index contributed by atoms with van der Waals surface area (Å²) in [5.74, 6) is 0.729. The van der Waals surface area contributed by atoms with Crippen molar-refractivity contribution < 1.29 is 9.53 Å². The van der Waals surface area contributed by atoms with Gasteiger partial charge in [0.15, 0.2) is 0 Å². The lowest BCUT2D eigenvalue weighted by Crippen LogP contribution is -2.14. The van der Waals surface area contributed by atoms with Crippen LogP contribution in [0.4, 0.5) is 5.69 Å². The number of nitrogens with zero attached hydrogens (tertiary/aromatic N) is 1. The van der Waals surface area contributed by atoms with E-state index in [1.54, 1.807) is 7.11 Å². The first-order valence-corrected chi connectivity index (χ1v) is 7.69. The Bertz CT molecular complexity index is 821. The third kappa shape index (κ3) is 3.81. The highest BCUT2D eigenvalue weighted by Crippen LogP contribution is 2.20. The average molecular weight is 321 g/mol. The molecule has 24 heavy (non-hydrogen) atoms. The van der Waals surface area contributed by atoms with E-state index in [0.717, 1.165) is 34.0 Å². The number of anilines is 1. The van der Waals surface area contributed by atoms with Gasteiger partial charge in [-0.25, -0.2) is 0 Å². The van der Waals surface area contributed by atoms with E-state index in [2.05, 4.69) is 15.5 Å². The molecule has 1 amide bonds. The molecule has 0 unspecified atom stereocenters. The van der Waals surface area contributed by atoms with E-state index in [4.69, 9.17) is 4.74 Å². The second-order valence-corrected chi connectivity index (χ2v) is 5.59. The Morgan fingerprint density at radius 3 is 2.42 bits per heavy atom. The number of carbonyl (C=O) groups excluding carboxylic acids is 1. The van der Waals surface area contributed by atoms with Crippen LogP contribution in [0.1, 0.15) is 11.3 Å². The maximum absolute atomic E-state index is 12.1. The molecule has 5 heteroatoms. The van der Waals surface area contributed by atoms with E-state index < -0.39 is 0 Å². The molecule has 0 aliphatic rings. The summed E-state index contributed by atoms with van der Waals surface area (Å²) in [7, 11) is 1.62. The number of hydrogen-bond donors (Lipinski definition) is 2. The molecule has 0 atom stereocenters. The number of methoxy groups -OCH3 is 1. The van der Waals surface area contributed by atoms with Crippen LogP contribution in [0.25, 0.3) is 11.3 Å². The van der Waals surface area contributed by atoms with Gasteiger partial charge < -0.3 is 10.1 Å². The Morgan fingerprint density at radius 2 is 1.83 bits per heavy atom. The van der Waals surface area contributed by atoms with E-state index in [9.17, 15) is 4.79 Å². The quantitative estimate of drug-likeness (QED) is 0.755. The fourth-order valence-corrected chi connectivity index (χ4v) is 2.42. The summed E-state index contributed by atoms with van der Waals surface area (Å²) in [6.07, 6.45) is 0.324. The number of amides is 1. The Labute approximate surface area is 140 Å². The van der Waals surface area contributed by atoms with E-state index >= 15 is 0 Å². The first-order chi connectivity index (χ1) is 11.6. The highest BCUT2D eigenvalue weighted by Gasteiger charge is 2.06. The van der Waals surface area contributed by atoms with E-state index in [1.165, 1.54) is 0 Å². The molecule has 0 bridgehead atoms. The third-order valence-corrected chi connectivity index (χ3v) is 3.69. The van der Waals surface area contributed by atoms with Crippen molar-refractivity contribution in [3.8, 4) is 17.0 Å². The summed E-state index contributed by atoms with van der Waals surface area (Å²) >= 11 is 0. The Hall–Kier alpha value is -3.08. The van der Waals surface area contributed by atoms with E-state index in [0.29, 0.717) is 6.42 Å². The Morgan fingerprint density at radius 1 is 1.12 bits per heavy atom. The van der Waals surface area contributed by atoms with Gasteiger partial charge in [0.05, 0.1) is 19.2 Å². The van der Waals surface area contributed by atoms with Crippen molar-refractivity contribution in [3.63, 3.8) is 0 Å². The highest BCUT2D eigenvalue weighted by molar-refractivity contribution is 5.92. The molecule has 0 radical (unpaired) electrons. The van der Waals surface area contributed by atoms with Crippen molar-refractivity contribution in [3.05, 3.63) is 65.9 Å². The lowest BCUT2D eigenvalue weighted by molar-refractivity contribution is -0.115. The van der Waals surface area contributed by atoms with Crippen LogP contribution in [-0.2, 0) is 11.2 Å². The number of nitrogens with one attached hydrogen (secondary N) is 2. The zero-order valence-electron chi connectivity index (χ0n) is 13.7. The van der Waals surface area contributed by atoms with Crippen LogP contribution in [0.2, 0.25) is 0 Å². The largest absolute Gasteiger partial charge is 0.497 e. The summed E-state index contributed by atoms with van der Waals surface area (Å²) in [5, 5.41) is 10.0. The van der Waals surface area contributed by atoms with Crippen LogP contribution < -0.4 is 10.1 Å². The standard InChI is InChI=1S/C19H19N3O2/c1-13-11-18(22-21-13)15-5-7-16(8-6-15)20-19(23)12-14-3-9-17(24-2)10-4-14/h3-11H,12H2,1-2H3,(H,20,23)(H,21,22). The second kappa shape index (κ2) is 7.00. The monoisotopic (exact) mass is 321 g/mol. The molecule has 0 spiro atoms. The van der Waals surface area contributed by atoms with Gasteiger partial charge in [-0.15, -0.1) is 0 Å². The summed E-state index contributed by atoms with van der Waals surface area (Å²) < 4.78 is 5.11. The zero-order valence-corrected chi connectivity index (χ0v) is 13.7. The molecule has 1 heterocycles. The van der Waals surface area contributed by atoms with Crippen LogP contribution >= 0.6 is 0 Å². The summed E-state index contributed by atoms with van der Waals surface area (Å²) in [5.41, 5.74) is 4.62. The van der Waals surface area contributed by atoms with Crippen molar-refractivity contribution in [1.82, 2.24) is 10.2 Å². The van der Waals surface area contributed by atoms with Gasteiger partial charge in [-0.3, -0.25) is 9.89 Å². The predicted molar refractivity (Wildman–Crippen MR) is 94.1 cm³/mol. The maximum atomic E-state index is 12.1. The normalized spacial score (nSPS) is 10.4. The molecule has 0 saturated heterocycles. The summed E-state index contributed by atoms with van der Waals surface area (Å²) in [4.78, 5) is 12.1. The summed E-state index contributed by atoms with van der Waals surface area (Å²) in [6, 6.07) is 17.1. The predicted octanol–water partition coefficient (Wildman–Crippen LogP) is 3.57. The number of aromatic nitrogens is 2. The SMILES string of the molecule is COc1ccc(CC(=O)Nc2ccc(-c3cc(C)[nH]n3)cc2)cc1. The molecule has 1 aromatic heterocycles. The fraction of sp³-hybridized carbons (Fsp3) is 0.158. The van der Waals surface area contributed by atoms with Gasteiger partial charge in [0.1, 0.15) is 5.75 Å². The molecule has 2 N–H and O–H groups in total. The van der Waals surface area contributed by atoms with Gasteiger partial charge in [0, 0.05) is 16.9 Å². The smallest absolute Gasteiger partial charge is 0.228 e. The fourth-order valence-electron chi connectivity index (χ4n) is 2.42. The number of carbonyl (C=O) groups is 1. The molecule has 0 fully saturated rings. The molecule has 5 nitrogen and oxygen atoms in total. The number of benzene rings is 2. The molecular weight excluding hydrogens is 302 g/mol. The van der Waals surface area contributed by atoms with Gasteiger partial charge in [-0.2, -0.15) is 5.10 Å². The molecule has 3 rings (SSSR count). The third-order valence-electron chi connectivity index (χ3n) is 3.69. The topological polar surface area (TPSA) is 67.0 Å². The first kappa shape index (κ1) is 15.8. The lowest BCUT2D eigenvalue weighted by atomic mass is 10.1. The van der Waals surface area contributed by atoms with Crippen LogP contribution in [-0.4, -0.2) is 23.2 Å². The van der Waals surface area contributed by atoms with Gasteiger partial charge in [0.2, 0.25) is 5.91 Å². The van der Waals surface area contributed by atoms with E-state index in [-0.39, 0.29) is 5.91 Å². The van der Waals surface area contributed by atoms with Crippen molar-refractivity contribution in [2.75, 3.05) is 12.4 Å². The van der Waals surface area contributed by atoms with Crippen molar-refractivity contribution >= 4 is 11.6 Å². The zero-order chi connectivity index (χ0) is 16.9. The Kier molecular flexibility index (Phi) is 4.61. The number of ether oxygens (including phenoxy) is 1. The van der Waals surface area contributed by atoms with Crippen molar-refractivity contribution in [1.29, 1.82) is 0 Å². The van der Waals surface area contributed by atoms with Gasteiger partial charge >= 0.3 is 0 Å².